The lowest BCUT2D eigenvalue weighted by molar-refractivity contribution is -0.120. The van der Waals surface area contributed by atoms with Gasteiger partial charge in [0.1, 0.15) is 17.5 Å². The molecule has 0 saturated heterocycles. The van der Waals surface area contributed by atoms with E-state index in [9.17, 15) is 20.1 Å². The number of β-amino-alcohol motifs (C(OH)–C–C–N with tert-alkyl or cyclic N) is 1. The number of carbonyl (C=O) groups is 1. The number of aromatic nitrogens is 1. The number of hydrogen-bond donors (Lipinski definition) is 5. The fourth-order valence-corrected chi connectivity index (χ4v) is 3.61. The van der Waals surface area contributed by atoms with E-state index in [0.717, 1.165) is 30.6 Å². The molecule has 5 N–H and O–H groups in total. The Hall–Kier alpha value is -2.52. The van der Waals surface area contributed by atoms with E-state index in [2.05, 4.69) is 22.5 Å². The standard InChI is InChI=1S/C26H39N3O5/c1-4-12-34-13-6-11-27-25(33)15-19-7-5-8-20(14-19)16-26(2,3)28-17-24(32)21-9-10-23(31)22(18-30)29-21/h5,7-10,14,24,28,30-32H,4,6,11-13,15-18H2,1-3H3,(H,27,33). The first-order chi connectivity index (χ1) is 16.2. The largest absolute Gasteiger partial charge is 0.506 e. The van der Waals surface area contributed by atoms with Crippen molar-refractivity contribution in [1.29, 1.82) is 0 Å². The van der Waals surface area contributed by atoms with E-state index in [1.165, 1.54) is 6.07 Å². The lowest BCUT2D eigenvalue weighted by atomic mass is 9.93. The Balaban J connectivity index is 1.83. The van der Waals surface area contributed by atoms with E-state index in [-0.39, 0.29) is 29.4 Å². The van der Waals surface area contributed by atoms with Crippen LogP contribution >= 0.6 is 0 Å². The fraction of sp³-hybridized carbons (Fsp3) is 0.538. The first-order valence-electron chi connectivity index (χ1n) is 11.9. The molecule has 0 saturated carbocycles. The second kappa shape index (κ2) is 14.0. The second-order valence-electron chi connectivity index (χ2n) is 9.13. The summed E-state index contributed by atoms with van der Waals surface area (Å²) in [6.45, 7) is 8.05. The molecule has 1 amide bonds. The molecule has 188 valence electrons. The van der Waals surface area contributed by atoms with Gasteiger partial charge >= 0.3 is 0 Å². The van der Waals surface area contributed by atoms with Crippen molar-refractivity contribution in [1.82, 2.24) is 15.6 Å². The van der Waals surface area contributed by atoms with Crippen molar-refractivity contribution in [2.24, 2.45) is 0 Å². The van der Waals surface area contributed by atoms with Gasteiger partial charge in [0.05, 0.1) is 18.7 Å². The van der Waals surface area contributed by atoms with Gasteiger partial charge in [-0.1, -0.05) is 31.2 Å². The normalized spacial score (nSPS) is 12.5. The highest BCUT2D eigenvalue weighted by molar-refractivity contribution is 5.78. The number of carbonyl (C=O) groups excluding carboxylic acids is 1. The van der Waals surface area contributed by atoms with Crippen molar-refractivity contribution in [2.45, 2.75) is 64.7 Å². The highest BCUT2D eigenvalue weighted by Gasteiger charge is 2.21. The van der Waals surface area contributed by atoms with Gasteiger partial charge in [0.2, 0.25) is 5.91 Å². The highest BCUT2D eigenvalue weighted by atomic mass is 16.5. The van der Waals surface area contributed by atoms with Crippen LogP contribution in [0.1, 0.15) is 62.2 Å². The Morgan fingerprint density at radius 1 is 1.18 bits per heavy atom. The molecule has 34 heavy (non-hydrogen) atoms. The van der Waals surface area contributed by atoms with Crippen LogP contribution in [0.15, 0.2) is 36.4 Å². The van der Waals surface area contributed by atoms with Gasteiger partial charge < -0.3 is 30.7 Å². The number of hydrogen-bond acceptors (Lipinski definition) is 7. The Kier molecular flexibility index (Phi) is 11.4. The Morgan fingerprint density at radius 2 is 1.94 bits per heavy atom. The summed E-state index contributed by atoms with van der Waals surface area (Å²) in [7, 11) is 0. The van der Waals surface area contributed by atoms with E-state index in [0.29, 0.717) is 31.7 Å². The van der Waals surface area contributed by atoms with Crippen LogP contribution in [-0.4, -0.2) is 58.1 Å². The van der Waals surface area contributed by atoms with Crippen LogP contribution in [0.5, 0.6) is 5.75 Å². The van der Waals surface area contributed by atoms with Gasteiger partial charge in [-0.15, -0.1) is 0 Å². The Labute approximate surface area is 202 Å². The monoisotopic (exact) mass is 473 g/mol. The number of nitrogens with one attached hydrogen (secondary N) is 2. The van der Waals surface area contributed by atoms with Crippen molar-refractivity contribution in [2.75, 3.05) is 26.3 Å². The quantitative estimate of drug-likeness (QED) is 0.252. The number of aliphatic hydroxyl groups excluding tert-OH is 2. The van der Waals surface area contributed by atoms with E-state index in [4.69, 9.17) is 4.74 Å². The first-order valence-corrected chi connectivity index (χ1v) is 11.9. The third-order valence-electron chi connectivity index (χ3n) is 5.38. The summed E-state index contributed by atoms with van der Waals surface area (Å²) in [6.07, 6.45) is 1.95. The van der Waals surface area contributed by atoms with Gasteiger partial charge in [0, 0.05) is 31.8 Å². The van der Waals surface area contributed by atoms with Crippen LogP contribution in [0, 0.1) is 0 Å². The van der Waals surface area contributed by atoms with Gasteiger partial charge in [-0.2, -0.15) is 0 Å². The maximum atomic E-state index is 12.2. The van der Waals surface area contributed by atoms with Crippen LogP contribution in [0.25, 0.3) is 0 Å². The lowest BCUT2D eigenvalue weighted by Crippen LogP contribution is -2.43. The van der Waals surface area contributed by atoms with Gasteiger partial charge in [0.15, 0.2) is 0 Å². The van der Waals surface area contributed by atoms with Gasteiger partial charge in [-0.3, -0.25) is 4.79 Å². The SMILES string of the molecule is CCCOCCCNC(=O)Cc1cccc(CC(C)(C)NCC(O)c2ccc(O)c(CO)n2)c1. The molecule has 0 fully saturated rings. The van der Waals surface area contributed by atoms with Crippen molar-refractivity contribution >= 4 is 5.91 Å². The molecule has 2 aromatic rings. The third-order valence-corrected chi connectivity index (χ3v) is 5.38. The van der Waals surface area contributed by atoms with Crippen LogP contribution < -0.4 is 10.6 Å². The minimum absolute atomic E-state index is 0.00297. The lowest BCUT2D eigenvalue weighted by Gasteiger charge is -2.28. The maximum absolute atomic E-state index is 12.2. The molecule has 1 aromatic heterocycles. The Morgan fingerprint density at radius 3 is 2.68 bits per heavy atom. The third kappa shape index (κ3) is 9.77. The summed E-state index contributed by atoms with van der Waals surface area (Å²) in [5, 5.41) is 35.7. The van der Waals surface area contributed by atoms with Crippen molar-refractivity contribution in [3.63, 3.8) is 0 Å². The average molecular weight is 474 g/mol. The number of rotatable bonds is 15. The number of nitrogens with zero attached hydrogens (tertiary/aromatic N) is 1. The molecule has 0 aliphatic rings. The smallest absolute Gasteiger partial charge is 0.224 e. The molecule has 0 spiro atoms. The molecule has 8 nitrogen and oxygen atoms in total. The topological polar surface area (TPSA) is 124 Å². The van der Waals surface area contributed by atoms with Crippen LogP contribution in [-0.2, 0) is 29.0 Å². The van der Waals surface area contributed by atoms with E-state index >= 15 is 0 Å². The molecule has 1 unspecified atom stereocenters. The predicted octanol–water partition coefficient (Wildman–Crippen LogP) is 2.40. The van der Waals surface area contributed by atoms with Crippen molar-refractivity contribution in [3.8, 4) is 5.75 Å². The molecule has 8 heteroatoms. The molecule has 0 aliphatic heterocycles. The van der Waals surface area contributed by atoms with Gasteiger partial charge in [-0.25, -0.2) is 4.98 Å². The molecule has 2 rings (SSSR count). The summed E-state index contributed by atoms with van der Waals surface area (Å²) >= 11 is 0. The van der Waals surface area contributed by atoms with Crippen molar-refractivity contribution in [3.05, 3.63) is 58.9 Å². The Bertz CT molecular complexity index is 904. The molecule has 1 atom stereocenters. The number of amides is 1. The zero-order valence-corrected chi connectivity index (χ0v) is 20.5. The van der Waals surface area contributed by atoms with E-state index < -0.39 is 12.7 Å². The zero-order chi connectivity index (χ0) is 25.0. The zero-order valence-electron chi connectivity index (χ0n) is 20.5. The molecule has 0 aliphatic carbocycles. The van der Waals surface area contributed by atoms with Crippen LogP contribution in [0.2, 0.25) is 0 Å². The highest BCUT2D eigenvalue weighted by Crippen LogP contribution is 2.20. The number of aliphatic hydroxyl groups is 2. The van der Waals surface area contributed by atoms with Gasteiger partial charge in [-0.05, 0) is 56.4 Å². The predicted molar refractivity (Wildman–Crippen MR) is 131 cm³/mol. The number of ether oxygens (including phenoxy) is 1. The molecule has 1 aromatic carbocycles. The molecule has 0 bridgehead atoms. The van der Waals surface area contributed by atoms with Crippen LogP contribution in [0.3, 0.4) is 0 Å². The second-order valence-corrected chi connectivity index (χ2v) is 9.13. The maximum Gasteiger partial charge on any atom is 0.224 e. The average Bonchev–Trinajstić information content (AvgIpc) is 2.80. The summed E-state index contributed by atoms with van der Waals surface area (Å²) in [5.74, 6) is -0.0990. The number of benzene rings is 1. The summed E-state index contributed by atoms with van der Waals surface area (Å²) in [6, 6.07) is 10.9. The minimum atomic E-state index is -0.882. The van der Waals surface area contributed by atoms with E-state index in [1.807, 2.05) is 38.1 Å². The first kappa shape index (κ1) is 27.7. The van der Waals surface area contributed by atoms with Crippen LogP contribution in [0.4, 0.5) is 0 Å². The summed E-state index contributed by atoms with van der Waals surface area (Å²) < 4.78 is 5.42. The molecular weight excluding hydrogens is 434 g/mol. The summed E-state index contributed by atoms with van der Waals surface area (Å²) in [5.41, 5.74) is 2.25. The fourth-order valence-electron chi connectivity index (χ4n) is 3.61. The molecule has 1 heterocycles. The van der Waals surface area contributed by atoms with Crippen molar-refractivity contribution < 1.29 is 24.9 Å². The number of pyridine rings is 1. The van der Waals surface area contributed by atoms with E-state index in [1.54, 1.807) is 6.07 Å². The van der Waals surface area contributed by atoms with Gasteiger partial charge in [0.25, 0.3) is 0 Å². The minimum Gasteiger partial charge on any atom is -0.506 e. The molecular formula is C26H39N3O5. The molecule has 0 radical (unpaired) electrons. The summed E-state index contributed by atoms with van der Waals surface area (Å²) in [4.78, 5) is 16.4. The number of aromatic hydroxyl groups is 1.